The van der Waals surface area contributed by atoms with E-state index in [0.717, 1.165) is 0 Å². The van der Waals surface area contributed by atoms with E-state index in [0.29, 0.717) is 28.6 Å². The first-order chi connectivity index (χ1) is 9.35. The molecule has 2 heterocycles. The second-order valence-electron chi connectivity index (χ2n) is 4.28. The highest BCUT2D eigenvalue weighted by Crippen LogP contribution is 2.28. The van der Waals surface area contributed by atoms with Gasteiger partial charge in [-0.25, -0.2) is 8.42 Å². The van der Waals surface area contributed by atoms with Crippen LogP contribution in [0.15, 0.2) is 9.31 Å². The minimum absolute atomic E-state index is 0.164. The number of nitrogens with zero attached hydrogens (tertiary/aromatic N) is 2. The number of sulfonamides is 1. The summed E-state index contributed by atoms with van der Waals surface area (Å²) in [5, 5.41) is 11.4. The lowest BCUT2D eigenvalue weighted by molar-refractivity contribution is 0.494. The molecule has 2 aromatic heterocycles. The first-order valence-electron chi connectivity index (χ1n) is 5.91. The molecule has 2 aromatic rings. The topological polar surface area (TPSA) is 97.1 Å². The SMILES string of the molecule is CNCc1c(C)oc(C)c1S(=O)(=O)Nc1nnc(C)s1. The van der Waals surface area contributed by atoms with Gasteiger partial charge >= 0.3 is 0 Å². The summed E-state index contributed by atoms with van der Waals surface area (Å²) in [7, 11) is -1.99. The van der Waals surface area contributed by atoms with E-state index >= 15 is 0 Å². The summed E-state index contributed by atoms with van der Waals surface area (Å²) in [4.78, 5) is 0.164. The maximum Gasteiger partial charge on any atom is 0.267 e. The number of anilines is 1. The van der Waals surface area contributed by atoms with Crippen LogP contribution in [0.3, 0.4) is 0 Å². The minimum atomic E-state index is -3.74. The molecule has 0 spiro atoms. The Kier molecular flexibility index (Phi) is 4.11. The third kappa shape index (κ3) is 2.84. The van der Waals surface area contributed by atoms with Crippen LogP contribution in [0.2, 0.25) is 0 Å². The highest BCUT2D eigenvalue weighted by molar-refractivity contribution is 7.93. The van der Waals surface area contributed by atoms with Crippen molar-refractivity contribution in [3.8, 4) is 0 Å². The Morgan fingerprint density at radius 2 is 1.90 bits per heavy atom. The Labute approximate surface area is 121 Å². The van der Waals surface area contributed by atoms with Gasteiger partial charge in [0.25, 0.3) is 10.0 Å². The van der Waals surface area contributed by atoms with Gasteiger partial charge in [0.2, 0.25) is 5.13 Å². The van der Waals surface area contributed by atoms with Gasteiger partial charge in [0.15, 0.2) is 0 Å². The van der Waals surface area contributed by atoms with E-state index in [1.165, 1.54) is 11.3 Å². The van der Waals surface area contributed by atoms with Crippen LogP contribution in [-0.2, 0) is 16.6 Å². The van der Waals surface area contributed by atoms with Gasteiger partial charge in [-0.15, -0.1) is 10.2 Å². The lowest BCUT2D eigenvalue weighted by Gasteiger charge is -2.06. The van der Waals surface area contributed by atoms with E-state index in [-0.39, 0.29) is 10.0 Å². The summed E-state index contributed by atoms with van der Waals surface area (Å²) in [6.07, 6.45) is 0. The highest BCUT2D eigenvalue weighted by Gasteiger charge is 2.27. The molecule has 2 N–H and O–H groups in total. The van der Waals surface area contributed by atoms with Crippen LogP contribution in [0.1, 0.15) is 22.1 Å². The van der Waals surface area contributed by atoms with Crippen molar-refractivity contribution in [2.75, 3.05) is 11.8 Å². The number of rotatable bonds is 5. The van der Waals surface area contributed by atoms with Crippen LogP contribution in [0.25, 0.3) is 0 Å². The molecule has 0 aliphatic carbocycles. The van der Waals surface area contributed by atoms with Gasteiger partial charge in [0.1, 0.15) is 21.4 Å². The van der Waals surface area contributed by atoms with Gasteiger partial charge in [0, 0.05) is 12.1 Å². The number of aromatic nitrogens is 2. The van der Waals surface area contributed by atoms with Gasteiger partial charge in [0.05, 0.1) is 0 Å². The Hall–Kier alpha value is -1.45. The Morgan fingerprint density at radius 3 is 2.45 bits per heavy atom. The van der Waals surface area contributed by atoms with E-state index in [1.54, 1.807) is 27.8 Å². The van der Waals surface area contributed by atoms with E-state index in [1.807, 2.05) is 0 Å². The van der Waals surface area contributed by atoms with Crippen LogP contribution in [0, 0.1) is 20.8 Å². The normalized spacial score (nSPS) is 11.8. The number of hydrogen-bond donors (Lipinski definition) is 2. The van der Waals surface area contributed by atoms with Crippen LogP contribution in [0.4, 0.5) is 5.13 Å². The summed E-state index contributed by atoms with van der Waals surface area (Å²) in [5.41, 5.74) is 0.624. The summed E-state index contributed by atoms with van der Waals surface area (Å²) in [6, 6.07) is 0. The smallest absolute Gasteiger partial charge is 0.267 e. The van der Waals surface area contributed by atoms with Crippen molar-refractivity contribution in [3.63, 3.8) is 0 Å². The molecule has 0 aliphatic heterocycles. The highest BCUT2D eigenvalue weighted by atomic mass is 32.2. The molecule has 0 fully saturated rings. The lowest BCUT2D eigenvalue weighted by Crippen LogP contribution is -2.17. The molecule has 0 aliphatic rings. The van der Waals surface area contributed by atoms with Gasteiger partial charge in [-0.3, -0.25) is 4.72 Å². The fourth-order valence-electron chi connectivity index (χ4n) is 1.95. The van der Waals surface area contributed by atoms with Crippen molar-refractivity contribution in [1.82, 2.24) is 15.5 Å². The molecule has 0 unspecified atom stereocenters. The van der Waals surface area contributed by atoms with Gasteiger partial charge in [-0.2, -0.15) is 0 Å². The van der Waals surface area contributed by atoms with Gasteiger partial charge in [-0.05, 0) is 27.8 Å². The van der Waals surface area contributed by atoms with Crippen molar-refractivity contribution in [3.05, 3.63) is 22.1 Å². The fraction of sp³-hybridized carbons (Fsp3) is 0.455. The third-order valence-electron chi connectivity index (χ3n) is 2.69. The van der Waals surface area contributed by atoms with Crippen molar-refractivity contribution < 1.29 is 12.8 Å². The zero-order valence-electron chi connectivity index (χ0n) is 11.6. The first-order valence-corrected chi connectivity index (χ1v) is 8.21. The zero-order valence-corrected chi connectivity index (χ0v) is 13.3. The maximum atomic E-state index is 12.5. The second kappa shape index (κ2) is 5.51. The molecule has 0 saturated heterocycles. The van der Waals surface area contributed by atoms with E-state index < -0.39 is 10.0 Å². The van der Waals surface area contributed by atoms with Crippen LogP contribution in [-0.4, -0.2) is 25.7 Å². The van der Waals surface area contributed by atoms with Gasteiger partial charge in [-0.1, -0.05) is 11.3 Å². The van der Waals surface area contributed by atoms with Crippen molar-refractivity contribution in [2.24, 2.45) is 0 Å². The molecule has 0 atom stereocenters. The molecule has 110 valence electrons. The predicted molar refractivity (Wildman–Crippen MR) is 76.4 cm³/mol. The van der Waals surface area contributed by atoms with Crippen LogP contribution in [0.5, 0.6) is 0 Å². The predicted octanol–water partition coefficient (Wildman–Crippen LogP) is 1.58. The zero-order chi connectivity index (χ0) is 14.9. The third-order valence-corrected chi connectivity index (χ3v) is 5.11. The monoisotopic (exact) mass is 316 g/mol. The number of hydrogen-bond acceptors (Lipinski definition) is 7. The van der Waals surface area contributed by atoms with E-state index in [2.05, 4.69) is 20.2 Å². The van der Waals surface area contributed by atoms with Crippen LogP contribution < -0.4 is 10.0 Å². The van der Waals surface area contributed by atoms with Crippen molar-refractivity contribution in [1.29, 1.82) is 0 Å². The first kappa shape index (κ1) is 14.9. The number of furan rings is 1. The molecule has 0 bridgehead atoms. The maximum absolute atomic E-state index is 12.5. The average Bonchev–Trinajstić information content (AvgIpc) is 2.84. The van der Waals surface area contributed by atoms with Crippen LogP contribution >= 0.6 is 11.3 Å². The molecule has 0 aromatic carbocycles. The Balaban J connectivity index is 2.43. The standard InChI is InChI=1S/C11H16N4O3S2/c1-6-9(5-12-4)10(7(2)18-6)20(16,17)15-11-14-13-8(3)19-11/h12H,5H2,1-4H3,(H,14,15). The second-order valence-corrected chi connectivity index (χ2v) is 7.09. The lowest BCUT2D eigenvalue weighted by atomic mass is 10.2. The Morgan fingerprint density at radius 1 is 1.20 bits per heavy atom. The molecular formula is C11H16N4O3S2. The van der Waals surface area contributed by atoms with Gasteiger partial charge < -0.3 is 9.73 Å². The molecule has 2 rings (SSSR count). The molecule has 0 radical (unpaired) electrons. The van der Waals surface area contributed by atoms with Crippen molar-refractivity contribution >= 4 is 26.5 Å². The molecule has 7 nitrogen and oxygen atoms in total. The number of nitrogens with one attached hydrogen (secondary N) is 2. The summed E-state index contributed by atoms with van der Waals surface area (Å²) in [6.45, 7) is 5.55. The summed E-state index contributed by atoms with van der Waals surface area (Å²) >= 11 is 1.18. The Bertz CT molecular complexity index is 718. The van der Waals surface area contributed by atoms with E-state index in [9.17, 15) is 8.42 Å². The molecular weight excluding hydrogens is 300 g/mol. The molecule has 0 amide bonds. The average molecular weight is 316 g/mol. The molecule has 0 saturated carbocycles. The molecule has 20 heavy (non-hydrogen) atoms. The largest absolute Gasteiger partial charge is 0.465 e. The summed E-state index contributed by atoms with van der Waals surface area (Å²) in [5.74, 6) is 0.951. The number of aryl methyl sites for hydroxylation is 3. The summed E-state index contributed by atoms with van der Waals surface area (Å²) < 4.78 is 32.8. The quantitative estimate of drug-likeness (QED) is 0.869. The van der Waals surface area contributed by atoms with Crippen molar-refractivity contribution in [2.45, 2.75) is 32.2 Å². The van der Waals surface area contributed by atoms with E-state index in [4.69, 9.17) is 4.42 Å². The minimum Gasteiger partial charge on any atom is -0.465 e. The fourth-order valence-corrected chi connectivity index (χ4v) is 4.22. The molecule has 9 heteroatoms.